The fourth-order valence-electron chi connectivity index (χ4n) is 1.09. The topological polar surface area (TPSA) is 86.3 Å². The molecule has 0 atom stereocenters. The smallest absolute Gasteiger partial charge is 0.265 e. The summed E-state index contributed by atoms with van der Waals surface area (Å²) in [4.78, 5) is 18.9. The van der Waals surface area contributed by atoms with Gasteiger partial charge in [-0.15, -0.1) is 23.8 Å². The van der Waals surface area contributed by atoms with Gasteiger partial charge in [-0.1, -0.05) is 13.0 Å². The third kappa shape index (κ3) is 3.54. The van der Waals surface area contributed by atoms with E-state index in [-0.39, 0.29) is 56.9 Å². The number of rotatable bonds is 3. The van der Waals surface area contributed by atoms with E-state index in [1.807, 2.05) is 0 Å². The summed E-state index contributed by atoms with van der Waals surface area (Å²) in [6.45, 7) is 1.59. The van der Waals surface area contributed by atoms with Gasteiger partial charge in [0, 0.05) is 0 Å². The third-order valence-electron chi connectivity index (χ3n) is 1.73. The molecule has 0 N–H and O–H groups in total. The van der Waals surface area contributed by atoms with Crippen molar-refractivity contribution < 1.29 is 61.2 Å². The number of hydrogen-bond acceptors (Lipinski definition) is 4. The Bertz CT molecular complexity index is 369. The molecule has 0 fully saturated rings. The molecule has 0 aromatic heterocycles. The van der Waals surface area contributed by atoms with Crippen molar-refractivity contribution in [3.8, 4) is 0 Å². The summed E-state index contributed by atoms with van der Waals surface area (Å²) in [5, 5.41) is 20.8. The van der Waals surface area contributed by atoms with Gasteiger partial charge in [0.1, 0.15) is 0 Å². The van der Waals surface area contributed by atoms with Gasteiger partial charge in [0.05, 0.1) is 9.85 Å². The molecule has 0 aliphatic heterocycles. The van der Waals surface area contributed by atoms with Crippen molar-refractivity contribution in [2.45, 2.75) is 6.92 Å². The molecule has 1 aromatic rings. The van der Waals surface area contributed by atoms with Gasteiger partial charge in [0.2, 0.25) is 0 Å². The van der Waals surface area contributed by atoms with Gasteiger partial charge in [0.25, 0.3) is 0 Å². The van der Waals surface area contributed by atoms with Gasteiger partial charge in [-0.25, -0.2) is 0 Å². The molecule has 74 valence electrons. The van der Waals surface area contributed by atoms with Crippen molar-refractivity contribution >= 4 is 0 Å². The number of aryl methyl sites for hydroxylation is 1. The minimum atomic E-state index is -0.984. The summed E-state index contributed by atoms with van der Waals surface area (Å²) in [6.07, 6.45) is -0.983. The molecule has 0 aliphatic rings. The van der Waals surface area contributed by atoms with Crippen LogP contribution in [-0.4, -0.2) is 9.85 Å². The summed E-state index contributed by atoms with van der Waals surface area (Å²) in [5.41, 5.74) is 0.554. The minimum absolute atomic E-state index is 0. The van der Waals surface area contributed by atoms with Crippen LogP contribution in [0, 0.1) is 33.3 Å². The fraction of sp³-hybridized carbons (Fsp3) is 0.125. The van der Waals surface area contributed by atoms with Gasteiger partial charge in [-0.3, -0.25) is 20.2 Å². The van der Waals surface area contributed by atoms with Crippen LogP contribution in [0.15, 0.2) is 24.3 Å². The Balaban J connectivity index is 0.00000196. The van der Waals surface area contributed by atoms with Crippen LogP contribution in [0.5, 0.6) is 0 Å². The second kappa shape index (κ2) is 6.18. The number of hydrogen-bond donors (Lipinski definition) is 0. The molecule has 0 saturated carbocycles. The number of benzene rings is 1. The molecule has 1 aromatic carbocycles. The largest absolute Gasteiger partial charge is 1.00 e. The van der Waals surface area contributed by atoms with Crippen molar-refractivity contribution in [2.75, 3.05) is 0 Å². The van der Waals surface area contributed by atoms with Crippen LogP contribution in [0.3, 0.4) is 0 Å². The fourth-order valence-corrected chi connectivity index (χ4v) is 1.09. The molecule has 1 rings (SSSR count). The van der Waals surface area contributed by atoms with Gasteiger partial charge in [-0.05, 0) is 5.56 Å². The average Bonchev–Trinajstić information content (AvgIpc) is 2.07. The van der Waals surface area contributed by atoms with E-state index in [1.165, 1.54) is 12.1 Å². The van der Waals surface area contributed by atoms with Crippen LogP contribution in [0.2, 0.25) is 0 Å². The first-order valence-electron chi connectivity index (χ1n) is 3.75. The molecule has 0 bridgehead atoms. The Labute approximate surface area is 128 Å². The van der Waals surface area contributed by atoms with Gasteiger partial charge in [-0.2, -0.15) is 0 Å². The zero-order valence-corrected chi connectivity index (χ0v) is 11.5. The van der Waals surface area contributed by atoms with Crippen LogP contribution < -0.4 is 51.4 Å². The molecule has 6 nitrogen and oxygen atoms in total. The van der Waals surface area contributed by atoms with E-state index in [1.54, 1.807) is 19.1 Å². The second-order valence-corrected chi connectivity index (χ2v) is 2.65. The Morgan fingerprint density at radius 2 is 1.60 bits per heavy atom. The maximum absolute atomic E-state index is 10.4. The molecule has 0 saturated heterocycles. The molecule has 15 heavy (non-hydrogen) atoms. The van der Waals surface area contributed by atoms with Crippen LogP contribution in [0.4, 0.5) is 0 Å². The van der Waals surface area contributed by atoms with Crippen molar-refractivity contribution in [2.24, 2.45) is 0 Å². The summed E-state index contributed by atoms with van der Waals surface area (Å²) in [5.74, 6) is 0. The quantitative estimate of drug-likeness (QED) is 0.272. The zero-order valence-electron chi connectivity index (χ0n) is 8.34. The standard InChI is InChI=1S/C8H7N2O4.K/c1-6-4-2-3-5-7(6)8(9(11)12)10(13)14;/h2-5H,1H3;/q-1;+1. The molecule has 0 aliphatic carbocycles. The van der Waals surface area contributed by atoms with E-state index < -0.39 is 16.0 Å². The van der Waals surface area contributed by atoms with Crippen molar-refractivity contribution in [3.63, 3.8) is 0 Å². The first kappa shape index (κ1) is 14.5. The van der Waals surface area contributed by atoms with E-state index >= 15 is 0 Å². The van der Waals surface area contributed by atoms with Crippen molar-refractivity contribution in [1.82, 2.24) is 0 Å². The van der Waals surface area contributed by atoms with Gasteiger partial charge < -0.3 is 0 Å². The van der Waals surface area contributed by atoms with E-state index in [0.29, 0.717) is 5.56 Å². The summed E-state index contributed by atoms with van der Waals surface area (Å²) < 4.78 is 0. The second-order valence-electron chi connectivity index (χ2n) is 2.65. The van der Waals surface area contributed by atoms with Crippen LogP contribution in [0.1, 0.15) is 11.1 Å². The van der Waals surface area contributed by atoms with E-state index in [9.17, 15) is 20.2 Å². The normalized spacial score (nSPS) is 8.87. The van der Waals surface area contributed by atoms with E-state index in [4.69, 9.17) is 0 Å². The summed E-state index contributed by atoms with van der Waals surface area (Å²) in [6, 6.07) is 6.13. The van der Waals surface area contributed by atoms with Crippen molar-refractivity contribution in [1.29, 1.82) is 0 Å². The molecule has 0 radical (unpaired) electrons. The van der Waals surface area contributed by atoms with Gasteiger partial charge in [0.15, 0.2) is 0 Å². The zero-order chi connectivity index (χ0) is 10.7. The van der Waals surface area contributed by atoms with E-state index in [2.05, 4.69) is 0 Å². The predicted molar refractivity (Wildman–Crippen MR) is 47.5 cm³/mol. The first-order valence-corrected chi connectivity index (χ1v) is 3.75. The first-order chi connectivity index (χ1) is 6.54. The Hall–Kier alpha value is -0.474. The molecule has 0 amide bonds. The van der Waals surface area contributed by atoms with E-state index in [0.717, 1.165) is 0 Å². The monoisotopic (exact) mass is 234 g/mol. The SMILES string of the molecule is Cc1ccccc1[C-]([N+](=O)[O-])[N+](=O)[O-].[K+]. The van der Waals surface area contributed by atoms with Crippen LogP contribution >= 0.6 is 0 Å². The third-order valence-corrected chi connectivity index (χ3v) is 1.73. The van der Waals surface area contributed by atoms with Crippen molar-refractivity contribution in [3.05, 3.63) is 61.8 Å². The number of nitro groups is 2. The maximum Gasteiger partial charge on any atom is 1.00 e. The minimum Gasteiger partial charge on any atom is -0.265 e. The molecule has 0 spiro atoms. The average molecular weight is 234 g/mol. The summed E-state index contributed by atoms with van der Waals surface area (Å²) >= 11 is 0. The Morgan fingerprint density at radius 3 is 2.00 bits per heavy atom. The molecule has 0 heterocycles. The van der Waals surface area contributed by atoms with Crippen LogP contribution in [-0.2, 0) is 0 Å². The summed E-state index contributed by atoms with van der Waals surface area (Å²) in [7, 11) is 0. The maximum atomic E-state index is 10.4. The molecular weight excluding hydrogens is 227 g/mol. The molecule has 0 unspecified atom stereocenters. The molecular formula is C8H7KN2O4. The molecule has 7 heteroatoms. The Kier molecular flexibility index (Phi) is 5.99. The predicted octanol–water partition coefficient (Wildman–Crippen LogP) is -1.61. The number of nitrogens with zero attached hydrogens (tertiary/aromatic N) is 2. The van der Waals surface area contributed by atoms with Crippen LogP contribution in [0.25, 0.3) is 0 Å². The Morgan fingerprint density at radius 1 is 1.13 bits per heavy atom. The van der Waals surface area contributed by atoms with Gasteiger partial charge >= 0.3 is 57.6 Å².